The van der Waals surface area contributed by atoms with Crippen LogP contribution in [0.2, 0.25) is 0 Å². The van der Waals surface area contributed by atoms with Gasteiger partial charge in [0.05, 0.1) is 25.4 Å². The van der Waals surface area contributed by atoms with Crippen LogP contribution in [0.5, 0.6) is 5.75 Å². The van der Waals surface area contributed by atoms with Gasteiger partial charge in [-0.25, -0.2) is 4.98 Å². The molecule has 6 heteroatoms. The van der Waals surface area contributed by atoms with Crippen LogP contribution < -0.4 is 15.4 Å². The van der Waals surface area contributed by atoms with E-state index < -0.39 is 0 Å². The molecule has 29 heavy (non-hydrogen) atoms. The number of benzene rings is 2. The van der Waals surface area contributed by atoms with Crippen LogP contribution in [0, 0.1) is 0 Å². The highest BCUT2D eigenvalue weighted by Crippen LogP contribution is 2.20. The van der Waals surface area contributed by atoms with Gasteiger partial charge in [0, 0.05) is 29.2 Å². The van der Waals surface area contributed by atoms with Gasteiger partial charge in [-0.1, -0.05) is 36.4 Å². The lowest BCUT2D eigenvalue weighted by Gasteiger charge is -2.10. The van der Waals surface area contributed by atoms with Crippen LogP contribution in [0.25, 0.3) is 10.9 Å². The fraction of sp³-hybridized carbons (Fsp3) is 0.130. The Morgan fingerprint density at radius 3 is 2.69 bits per heavy atom. The fourth-order valence-corrected chi connectivity index (χ4v) is 3.26. The number of H-pyrrole nitrogens is 1. The van der Waals surface area contributed by atoms with Crippen molar-refractivity contribution in [3.05, 3.63) is 84.2 Å². The van der Waals surface area contributed by atoms with Gasteiger partial charge in [0.2, 0.25) is 5.91 Å². The zero-order chi connectivity index (χ0) is 20.1. The minimum absolute atomic E-state index is 0.0775. The molecule has 0 saturated carbocycles. The third-order valence-electron chi connectivity index (χ3n) is 4.73. The van der Waals surface area contributed by atoms with E-state index in [2.05, 4.69) is 20.6 Å². The van der Waals surface area contributed by atoms with Crippen molar-refractivity contribution in [3.8, 4) is 5.75 Å². The second-order valence-corrected chi connectivity index (χ2v) is 6.68. The summed E-state index contributed by atoms with van der Waals surface area (Å²) in [7, 11) is 1.66. The van der Waals surface area contributed by atoms with E-state index in [4.69, 9.17) is 4.74 Å². The zero-order valence-corrected chi connectivity index (χ0v) is 16.1. The lowest BCUT2D eigenvalue weighted by Crippen LogP contribution is -2.14. The van der Waals surface area contributed by atoms with Crippen molar-refractivity contribution in [2.45, 2.75) is 13.0 Å². The van der Waals surface area contributed by atoms with Crippen molar-refractivity contribution in [2.75, 3.05) is 17.7 Å². The lowest BCUT2D eigenvalue weighted by molar-refractivity contribution is -0.115. The van der Waals surface area contributed by atoms with Crippen LogP contribution >= 0.6 is 0 Å². The molecule has 2 heterocycles. The van der Waals surface area contributed by atoms with E-state index in [0.29, 0.717) is 18.7 Å². The Morgan fingerprint density at radius 2 is 1.86 bits per heavy atom. The van der Waals surface area contributed by atoms with E-state index in [-0.39, 0.29) is 5.91 Å². The van der Waals surface area contributed by atoms with Gasteiger partial charge >= 0.3 is 0 Å². The first-order valence-electron chi connectivity index (χ1n) is 9.39. The Bertz CT molecular complexity index is 1120. The topological polar surface area (TPSA) is 79.0 Å². The molecule has 0 aliphatic heterocycles. The first kappa shape index (κ1) is 18.6. The first-order chi connectivity index (χ1) is 14.2. The number of methoxy groups -OCH3 is 1. The number of carbonyl (C=O) groups is 1. The van der Waals surface area contributed by atoms with Crippen molar-refractivity contribution in [2.24, 2.45) is 0 Å². The second-order valence-electron chi connectivity index (χ2n) is 6.68. The van der Waals surface area contributed by atoms with E-state index in [9.17, 15) is 4.79 Å². The summed E-state index contributed by atoms with van der Waals surface area (Å²) in [6.07, 6.45) is 3.84. The van der Waals surface area contributed by atoms with Gasteiger partial charge in [0.25, 0.3) is 0 Å². The third-order valence-corrected chi connectivity index (χ3v) is 4.73. The van der Waals surface area contributed by atoms with Crippen molar-refractivity contribution >= 4 is 28.3 Å². The minimum atomic E-state index is -0.0775. The Hall–Kier alpha value is -3.80. The van der Waals surface area contributed by atoms with Gasteiger partial charge in [-0.2, -0.15) is 0 Å². The summed E-state index contributed by atoms with van der Waals surface area (Å²) < 4.78 is 5.36. The minimum Gasteiger partial charge on any atom is -0.496 e. The summed E-state index contributed by atoms with van der Waals surface area (Å²) in [5.41, 5.74) is 3.72. The summed E-state index contributed by atoms with van der Waals surface area (Å²) in [4.78, 5) is 20.0. The number of nitrogens with one attached hydrogen (secondary N) is 3. The molecule has 1 amide bonds. The Balaban J connectivity index is 1.35. The molecule has 6 nitrogen and oxygen atoms in total. The molecule has 0 fully saturated rings. The maximum absolute atomic E-state index is 12.4. The summed E-state index contributed by atoms with van der Waals surface area (Å²) >= 11 is 0. The van der Waals surface area contributed by atoms with E-state index in [1.165, 1.54) is 0 Å². The number of anilines is 2. The summed E-state index contributed by atoms with van der Waals surface area (Å²) in [6, 6.07) is 19.5. The largest absolute Gasteiger partial charge is 0.496 e. The molecule has 0 aliphatic rings. The van der Waals surface area contributed by atoms with E-state index in [0.717, 1.165) is 33.6 Å². The number of carbonyl (C=O) groups excluding carboxylic acids is 1. The van der Waals surface area contributed by atoms with Crippen molar-refractivity contribution in [1.82, 2.24) is 9.97 Å². The SMILES string of the molecule is COc1ccccc1CNc1ccc(NC(=O)Cc2c[nH]c3ccccc23)cn1. The van der Waals surface area contributed by atoms with Gasteiger partial charge in [-0.15, -0.1) is 0 Å². The van der Waals surface area contributed by atoms with Gasteiger partial charge in [-0.05, 0) is 29.8 Å². The Morgan fingerprint density at radius 1 is 1.03 bits per heavy atom. The highest BCUT2D eigenvalue weighted by Gasteiger charge is 2.09. The Labute approximate surface area is 168 Å². The molecule has 0 spiro atoms. The summed E-state index contributed by atoms with van der Waals surface area (Å²) in [5.74, 6) is 1.48. The second kappa shape index (κ2) is 8.48. The van der Waals surface area contributed by atoms with Gasteiger partial charge < -0.3 is 20.4 Å². The highest BCUT2D eigenvalue weighted by molar-refractivity contribution is 5.95. The molecule has 0 radical (unpaired) electrons. The summed E-state index contributed by atoms with van der Waals surface area (Å²) in [6.45, 7) is 0.600. The standard InChI is InChI=1S/C23H22N4O2/c1-29-21-9-5-2-6-16(21)13-25-22-11-10-18(15-26-22)27-23(28)12-17-14-24-20-8-4-3-7-19(17)20/h2-11,14-15,24H,12-13H2,1H3,(H,25,26)(H,27,28). The average Bonchev–Trinajstić information content (AvgIpc) is 3.16. The highest BCUT2D eigenvalue weighted by atomic mass is 16.5. The molecule has 0 unspecified atom stereocenters. The molecule has 4 aromatic rings. The van der Waals surface area contributed by atoms with E-state index in [1.807, 2.05) is 66.9 Å². The van der Waals surface area contributed by atoms with Crippen molar-refractivity contribution in [1.29, 1.82) is 0 Å². The molecule has 4 rings (SSSR count). The number of nitrogens with zero attached hydrogens (tertiary/aromatic N) is 1. The molecule has 0 atom stereocenters. The number of para-hydroxylation sites is 2. The quantitative estimate of drug-likeness (QED) is 0.441. The van der Waals surface area contributed by atoms with Crippen LogP contribution in [0.4, 0.5) is 11.5 Å². The normalized spacial score (nSPS) is 10.7. The smallest absolute Gasteiger partial charge is 0.228 e. The number of rotatable bonds is 7. The monoisotopic (exact) mass is 386 g/mol. The number of aromatic amines is 1. The van der Waals surface area contributed by atoms with Crippen molar-refractivity contribution in [3.63, 3.8) is 0 Å². The molecule has 2 aromatic carbocycles. The van der Waals surface area contributed by atoms with Crippen LogP contribution in [0.1, 0.15) is 11.1 Å². The van der Waals surface area contributed by atoms with Crippen LogP contribution in [-0.4, -0.2) is 23.0 Å². The van der Waals surface area contributed by atoms with Gasteiger partial charge in [-0.3, -0.25) is 4.79 Å². The van der Waals surface area contributed by atoms with E-state index in [1.54, 1.807) is 13.3 Å². The number of hydrogen-bond acceptors (Lipinski definition) is 4. The average molecular weight is 386 g/mol. The third kappa shape index (κ3) is 4.38. The molecular weight excluding hydrogens is 364 g/mol. The molecule has 0 bridgehead atoms. The Kier molecular flexibility index (Phi) is 5.42. The zero-order valence-electron chi connectivity index (χ0n) is 16.1. The molecule has 3 N–H and O–H groups in total. The van der Waals surface area contributed by atoms with Crippen molar-refractivity contribution < 1.29 is 9.53 Å². The predicted molar refractivity (Wildman–Crippen MR) is 115 cm³/mol. The molecule has 0 aliphatic carbocycles. The van der Waals surface area contributed by atoms with Crippen LogP contribution in [0.15, 0.2) is 73.1 Å². The lowest BCUT2D eigenvalue weighted by atomic mass is 10.1. The summed E-state index contributed by atoms with van der Waals surface area (Å²) in [5, 5.41) is 7.23. The number of pyridine rings is 1. The molecule has 2 aromatic heterocycles. The number of amides is 1. The van der Waals surface area contributed by atoms with Crippen LogP contribution in [-0.2, 0) is 17.8 Å². The number of hydrogen-bond donors (Lipinski definition) is 3. The van der Waals surface area contributed by atoms with Gasteiger partial charge in [0.1, 0.15) is 11.6 Å². The number of fused-ring (bicyclic) bond motifs is 1. The molecular formula is C23H22N4O2. The maximum atomic E-state index is 12.4. The molecule has 0 saturated heterocycles. The maximum Gasteiger partial charge on any atom is 0.228 e. The predicted octanol–water partition coefficient (Wildman–Crippen LogP) is 4.36. The fourth-order valence-electron chi connectivity index (χ4n) is 3.26. The molecule has 146 valence electrons. The number of ether oxygens (including phenoxy) is 1. The van der Waals surface area contributed by atoms with Gasteiger partial charge in [0.15, 0.2) is 0 Å². The van der Waals surface area contributed by atoms with E-state index >= 15 is 0 Å². The number of aromatic nitrogens is 2. The van der Waals surface area contributed by atoms with Crippen LogP contribution in [0.3, 0.4) is 0 Å². The first-order valence-corrected chi connectivity index (χ1v) is 9.39.